The molecule has 2 nitrogen and oxygen atoms in total. The number of rotatable bonds is 6. The third-order valence-electron chi connectivity index (χ3n) is 3.13. The molecule has 96 valence electrons. The third-order valence-corrected chi connectivity index (χ3v) is 3.13. The van der Waals surface area contributed by atoms with Crippen LogP contribution in [-0.4, -0.2) is 38.1 Å². The first-order chi connectivity index (χ1) is 8.02. The first-order valence-electron chi connectivity index (χ1n) is 6.47. The molecule has 0 heterocycles. The Morgan fingerprint density at radius 3 is 2.41 bits per heavy atom. The number of hydrogen-bond acceptors (Lipinski definition) is 2. The summed E-state index contributed by atoms with van der Waals surface area (Å²) < 4.78 is 0. The zero-order valence-corrected chi connectivity index (χ0v) is 11.9. The lowest BCUT2D eigenvalue weighted by Crippen LogP contribution is -2.39. The van der Waals surface area contributed by atoms with Crippen molar-refractivity contribution in [3.63, 3.8) is 0 Å². The third kappa shape index (κ3) is 4.88. The van der Waals surface area contributed by atoms with Gasteiger partial charge in [0.25, 0.3) is 0 Å². The standard InChI is InChI=1S/C15H26N2/c1-6-16-15(11-17(4)5)10-14-8-7-12(2)13(3)9-14/h7-9,15-16H,6,10-11H2,1-5H3. The molecule has 0 aromatic heterocycles. The number of nitrogens with one attached hydrogen (secondary N) is 1. The summed E-state index contributed by atoms with van der Waals surface area (Å²) in [5, 5.41) is 3.55. The Labute approximate surface area is 106 Å². The Morgan fingerprint density at radius 1 is 1.18 bits per heavy atom. The van der Waals surface area contributed by atoms with Gasteiger partial charge in [-0.25, -0.2) is 0 Å². The van der Waals surface area contributed by atoms with E-state index in [1.54, 1.807) is 0 Å². The van der Waals surface area contributed by atoms with Gasteiger partial charge in [0.1, 0.15) is 0 Å². The fourth-order valence-electron chi connectivity index (χ4n) is 2.15. The molecule has 1 atom stereocenters. The molecule has 1 N–H and O–H groups in total. The van der Waals surface area contributed by atoms with Crippen molar-refractivity contribution < 1.29 is 0 Å². The zero-order valence-electron chi connectivity index (χ0n) is 11.9. The maximum Gasteiger partial charge on any atom is 0.0235 e. The maximum atomic E-state index is 3.55. The Kier molecular flexibility index (Phi) is 5.66. The number of aryl methyl sites for hydroxylation is 2. The van der Waals surface area contributed by atoms with E-state index in [1.807, 2.05) is 0 Å². The minimum Gasteiger partial charge on any atom is -0.313 e. The fourth-order valence-corrected chi connectivity index (χ4v) is 2.15. The molecule has 0 amide bonds. The van der Waals surface area contributed by atoms with Crippen molar-refractivity contribution in [2.75, 3.05) is 27.2 Å². The molecule has 0 fully saturated rings. The van der Waals surface area contributed by atoms with Crippen LogP contribution in [0, 0.1) is 13.8 Å². The highest BCUT2D eigenvalue weighted by atomic mass is 15.1. The summed E-state index contributed by atoms with van der Waals surface area (Å²) in [7, 11) is 4.26. The van der Waals surface area contributed by atoms with Gasteiger partial charge in [-0.3, -0.25) is 0 Å². The molecular formula is C15H26N2. The number of benzene rings is 1. The van der Waals surface area contributed by atoms with Crippen LogP contribution in [-0.2, 0) is 6.42 Å². The van der Waals surface area contributed by atoms with Crippen LogP contribution < -0.4 is 5.32 Å². The molecule has 1 rings (SSSR count). The van der Waals surface area contributed by atoms with E-state index in [2.05, 4.69) is 63.3 Å². The van der Waals surface area contributed by atoms with Crippen LogP contribution in [0.4, 0.5) is 0 Å². The average Bonchev–Trinajstić information content (AvgIpc) is 2.23. The molecule has 1 unspecified atom stereocenters. The van der Waals surface area contributed by atoms with E-state index in [1.165, 1.54) is 16.7 Å². The van der Waals surface area contributed by atoms with E-state index in [0.717, 1.165) is 19.5 Å². The highest BCUT2D eigenvalue weighted by Crippen LogP contribution is 2.11. The highest BCUT2D eigenvalue weighted by Gasteiger charge is 2.09. The summed E-state index contributed by atoms with van der Waals surface area (Å²) in [5.41, 5.74) is 4.20. The number of nitrogens with zero attached hydrogens (tertiary/aromatic N) is 1. The van der Waals surface area contributed by atoms with Crippen LogP contribution in [0.5, 0.6) is 0 Å². The summed E-state index contributed by atoms with van der Waals surface area (Å²) in [5.74, 6) is 0. The lowest BCUT2D eigenvalue weighted by Gasteiger charge is -2.22. The van der Waals surface area contributed by atoms with E-state index in [-0.39, 0.29) is 0 Å². The first kappa shape index (κ1) is 14.2. The van der Waals surface area contributed by atoms with E-state index >= 15 is 0 Å². The Morgan fingerprint density at radius 2 is 1.88 bits per heavy atom. The van der Waals surface area contributed by atoms with Gasteiger partial charge in [-0.1, -0.05) is 25.1 Å². The quantitative estimate of drug-likeness (QED) is 0.813. The summed E-state index contributed by atoms with van der Waals surface area (Å²) in [4.78, 5) is 2.24. The van der Waals surface area contributed by atoms with Gasteiger partial charge in [0, 0.05) is 12.6 Å². The highest BCUT2D eigenvalue weighted by molar-refractivity contribution is 5.30. The van der Waals surface area contributed by atoms with Gasteiger partial charge in [-0.15, -0.1) is 0 Å². The second kappa shape index (κ2) is 6.77. The molecule has 0 radical (unpaired) electrons. The van der Waals surface area contributed by atoms with Gasteiger partial charge in [0.15, 0.2) is 0 Å². The van der Waals surface area contributed by atoms with E-state index in [9.17, 15) is 0 Å². The molecule has 0 aliphatic carbocycles. The molecular weight excluding hydrogens is 208 g/mol. The molecule has 2 heteroatoms. The number of likely N-dealkylation sites (N-methyl/N-ethyl adjacent to an activating group) is 2. The number of hydrogen-bond donors (Lipinski definition) is 1. The second-order valence-corrected chi connectivity index (χ2v) is 5.14. The largest absolute Gasteiger partial charge is 0.313 e. The van der Waals surface area contributed by atoms with Crippen molar-refractivity contribution in [3.05, 3.63) is 34.9 Å². The van der Waals surface area contributed by atoms with Gasteiger partial charge in [-0.05, 0) is 57.6 Å². The van der Waals surface area contributed by atoms with E-state index in [4.69, 9.17) is 0 Å². The summed E-state index contributed by atoms with van der Waals surface area (Å²) in [6.45, 7) is 8.64. The van der Waals surface area contributed by atoms with Crippen molar-refractivity contribution in [2.24, 2.45) is 0 Å². The molecule has 1 aromatic carbocycles. The normalized spacial score (nSPS) is 13.1. The molecule has 1 aromatic rings. The predicted octanol–water partition coefficient (Wildman–Crippen LogP) is 2.39. The minimum atomic E-state index is 0.539. The summed E-state index contributed by atoms with van der Waals surface area (Å²) in [6.07, 6.45) is 1.10. The first-order valence-corrected chi connectivity index (χ1v) is 6.47. The lowest BCUT2D eigenvalue weighted by molar-refractivity contribution is 0.339. The predicted molar refractivity (Wildman–Crippen MR) is 75.6 cm³/mol. The zero-order chi connectivity index (χ0) is 12.8. The van der Waals surface area contributed by atoms with Gasteiger partial charge in [-0.2, -0.15) is 0 Å². The fraction of sp³-hybridized carbons (Fsp3) is 0.600. The monoisotopic (exact) mass is 234 g/mol. The Hall–Kier alpha value is -0.860. The Bertz CT molecular complexity index is 345. The van der Waals surface area contributed by atoms with Crippen molar-refractivity contribution >= 4 is 0 Å². The van der Waals surface area contributed by atoms with E-state index in [0.29, 0.717) is 6.04 Å². The molecule has 0 saturated carbocycles. The van der Waals surface area contributed by atoms with Crippen LogP contribution >= 0.6 is 0 Å². The van der Waals surface area contributed by atoms with Crippen LogP contribution in [0.15, 0.2) is 18.2 Å². The van der Waals surface area contributed by atoms with Gasteiger partial charge < -0.3 is 10.2 Å². The average molecular weight is 234 g/mol. The minimum absolute atomic E-state index is 0.539. The topological polar surface area (TPSA) is 15.3 Å². The summed E-state index contributed by atoms with van der Waals surface area (Å²) >= 11 is 0. The van der Waals surface area contributed by atoms with Crippen molar-refractivity contribution in [1.82, 2.24) is 10.2 Å². The smallest absolute Gasteiger partial charge is 0.0235 e. The van der Waals surface area contributed by atoms with Crippen molar-refractivity contribution in [2.45, 2.75) is 33.2 Å². The van der Waals surface area contributed by atoms with Crippen LogP contribution in [0.2, 0.25) is 0 Å². The van der Waals surface area contributed by atoms with Crippen molar-refractivity contribution in [1.29, 1.82) is 0 Å². The van der Waals surface area contributed by atoms with Crippen molar-refractivity contribution in [3.8, 4) is 0 Å². The molecule has 0 spiro atoms. The van der Waals surface area contributed by atoms with Gasteiger partial charge in [0.2, 0.25) is 0 Å². The van der Waals surface area contributed by atoms with Gasteiger partial charge >= 0.3 is 0 Å². The SMILES string of the molecule is CCNC(Cc1ccc(C)c(C)c1)CN(C)C. The Balaban J connectivity index is 2.67. The lowest BCUT2D eigenvalue weighted by atomic mass is 10.0. The van der Waals surface area contributed by atoms with E-state index < -0.39 is 0 Å². The molecule has 17 heavy (non-hydrogen) atoms. The van der Waals surface area contributed by atoms with Crippen LogP contribution in [0.1, 0.15) is 23.6 Å². The molecule has 0 bridgehead atoms. The van der Waals surface area contributed by atoms with Crippen LogP contribution in [0.25, 0.3) is 0 Å². The molecule has 0 saturated heterocycles. The van der Waals surface area contributed by atoms with Gasteiger partial charge in [0.05, 0.1) is 0 Å². The maximum absolute atomic E-state index is 3.55. The van der Waals surface area contributed by atoms with Crippen LogP contribution in [0.3, 0.4) is 0 Å². The molecule has 0 aliphatic rings. The molecule has 0 aliphatic heterocycles. The summed E-state index contributed by atoms with van der Waals surface area (Å²) in [6, 6.07) is 7.33. The second-order valence-electron chi connectivity index (χ2n) is 5.14.